The highest BCUT2D eigenvalue weighted by molar-refractivity contribution is 6.42. The average Bonchev–Trinajstić information content (AvgIpc) is 3.36. The fourth-order valence-corrected chi connectivity index (χ4v) is 3.86. The zero-order valence-corrected chi connectivity index (χ0v) is 19.4. The van der Waals surface area contributed by atoms with Gasteiger partial charge in [0.05, 0.1) is 26.6 Å². The highest BCUT2D eigenvalue weighted by atomic mass is 35.5. The third-order valence-electron chi connectivity index (χ3n) is 4.99. The number of imidazole rings is 1. The molecule has 0 fully saturated rings. The maximum Gasteiger partial charge on any atom is 0.302 e. The first-order chi connectivity index (χ1) is 16.4. The maximum atomic E-state index is 12.1. The fraction of sp³-hybridized carbons (Fsp3) is 0.0435. The SMILES string of the molecule is O=C(COc1ccc(-c2nc3cc(Cl)c(Cl)cc3[nH]2)cc1)N=Nc1c(O)[nH]c2ccc(Cl)cc12. The van der Waals surface area contributed by atoms with Crippen molar-refractivity contribution in [3.63, 3.8) is 0 Å². The lowest BCUT2D eigenvalue weighted by molar-refractivity contribution is -0.120. The number of benzene rings is 3. The lowest BCUT2D eigenvalue weighted by Gasteiger charge is -2.04. The molecule has 0 unspecified atom stereocenters. The number of aromatic hydroxyl groups is 1. The second-order valence-electron chi connectivity index (χ2n) is 7.29. The number of aromatic nitrogens is 3. The Morgan fingerprint density at radius 3 is 2.53 bits per heavy atom. The quantitative estimate of drug-likeness (QED) is 0.218. The highest BCUT2D eigenvalue weighted by Gasteiger charge is 2.12. The molecule has 1 amide bonds. The molecule has 0 bridgehead atoms. The molecule has 0 spiro atoms. The second-order valence-corrected chi connectivity index (χ2v) is 8.54. The Hall–Kier alpha value is -3.59. The molecule has 0 saturated heterocycles. The van der Waals surface area contributed by atoms with Crippen LogP contribution in [-0.4, -0.2) is 32.6 Å². The van der Waals surface area contributed by atoms with Gasteiger partial charge in [-0.2, -0.15) is 0 Å². The molecule has 0 radical (unpaired) electrons. The Bertz CT molecular complexity index is 1540. The van der Waals surface area contributed by atoms with E-state index in [-0.39, 0.29) is 18.2 Å². The van der Waals surface area contributed by atoms with Crippen molar-refractivity contribution in [3.8, 4) is 23.0 Å². The molecule has 34 heavy (non-hydrogen) atoms. The number of H-pyrrole nitrogens is 2. The topological polar surface area (TPSA) is 116 Å². The van der Waals surface area contributed by atoms with Crippen molar-refractivity contribution in [2.45, 2.75) is 0 Å². The molecule has 5 aromatic rings. The summed E-state index contributed by atoms with van der Waals surface area (Å²) in [4.78, 5) is 22.6. The van der Waals surface area contributed by atoms with Crippen LogP contribution in [0.1, 0.15) is 0 Å². The van der Waals surface area contributed by atoms with Crippen LogP contribution in [0, 0.1) is 0 Å². The number of azo groups is 1. The Labute approximate surface area is 207 Å². The van der Waals surface area contributed by atoms with Gasteiger partial charge in [-0.1, -0.05) is 34.8 Å². The molecular formula is C23H14Cl3N5O3. The number of fused-ring (bicyclic) bond motifs is 2. The molecule has 0 aliphatic carbocycles. The summed E-state index contributed by atoms with van der Waals surface area (Å²) in [6.45, 7) is -0.325. The zero-order chi connectivity index (χ0) is 23.8. The Morgan fingerprint density at radius 1 is 0.971 bits per heavy atom. The number of carbonyl (C=O) groups excluding carboxylic acids is 1. The molecule has 0 aliphatic rings. The number of ether oxygens (including phenoxy) is 1. The van der Waals surface area contributed by atoms with E-state index in [2.05, 4.69) is 25.2 Å². The molecule has 5 rings (SSSR count). The van der Waals surface area contributed by atoms with E-state index in [1.165, 1.54) is 0 Å². The largest absolute Gasteiger partial charge is 0.493 e. The van der Waals surface area contributed by atoms with E-state index in [1.54, 1.807) is 54.6 Å². The maximum absolute atomic E-state index is 12.1. The molecule has 3 aromatic carbocycles. The molecule has 8 nitrogen and oxygen atoms in total. The molecule has 170 valence electrons. The predicted molar refractivity (Wildman–Crippen MR) is 132 cm³/mol. The van der Waals surface area contributed by atoms with E-state index in [0.717, 1.165) is 11.1 Å². The third kappa shape index (κ3) is 4.43. The number of halogens is 3. The number of carbonyl (C=O) groups is 1. The van der Waals surface area contributed by atoms with Crippen LogP contribution in [0.5, 0.6) is 11.6 Å². The van der Waals surface area contributed by atoms with Crippen molar-refractivity contribution in [1.82, 2.24) is 15.0 Å². The van der Waals surface area contributed by atoms with Crippen LogP contribution >= 0.6 is 34.8 Å². The van der Waals surface area contributed by atoms with Crippen LogP contribution in [0.25, 0.3) is 33.3 Å². The molecule has 2 aromatic heterocycles. The van der Waals surface area contributed by atoms with Gasteiger partial charge in [-0.05, 0) is 54.6 Å². The van der Waals surface area contributed by atoms with Crippen LogP contribution in [0.4, 0.5) is 5.69 Å². The second kappa shape index (κ2) is 8.98. The molecule has 11 heteroatoms. The first-order valence-electron chi connectivity index (χ1n) is 9.90. The zero-order valence-electron chi connectivity index (χ0n) is 17.1. The summed E-state index contributed by atoms with van der Waals surface area (Å²) in [7, 11) is 0. The van der Waals surface area contributed by atoms with Gasteiger partial charge in [-0.3, -0.25) is 4.79 Å². The minimum Gasteiger partial charge on any atom is -0.493 e. The Balaban J connectivity index is 1.25. The number of hydrogen-bond acceptors (Lipinski definition) is 5. The van der Waals surface area contributed by atoms with Crippen molar-refractivity contribution in [3.05, 3.63) is 69.7 Å². The van der Waals surface area contributed by atoms with E-state index in [9.17, 15) is 9.90 Å². The van der Waals surface area contributed by atoms with Gasteiger partial charge in [0.2, 0.25) is 5.88 Å². The molecule has 2 heterocycles. The third-order valence-corrected chi connectivity index (χ3v) is 5.95. The molecule has 0 aliphatic heterocycles. The predicted octanol–water partition coefficient (Wildman–Crippen LogP) is 7.07. The van der Waals surface area contributed by atoms with Crippen LogP contribution in [0.3, 0.4) is 0 Å². The molecule has 0 atom stereocenters. The summed E-state index contributed by atoms with van der Waals surface area (Å²) >= 11 is 18.1. The van der Waals surface area contributed by atoms with Crippen LogP contribution in [0.2, 0.25) is 15.1 Å². The Kier molecular flexibility index (Phi) is 5.87. The summed E-state index contributed by atoms with van der Waals surface area (Å²) in [6.07, 6.45) is 0. The normalized spacial score (nSPS) is 11.6. The van der Waals surface area contributed by atoms with Crippen molar-refractivity contribution in [1.29, 1.82) is 0 Å². The Morgan fingerprint density at radius 2 is 1.74 bits per heavy atom. The van der Waals surface area contributed by atoms with Crippen molar-refractivity contribution in [2.24, 2.45) is 10.2 Å². The molecule has 0 saturated carbocycles. The van der Waals surface area contributed by atoms with Crippen molar-refractivity contribution >= 4 is 68.3 Å². The van der Waals surface area contributed by atoms with E-state index in [1.807, 2.05) is 0 Å². The lowest BCUT2D eigenvalue weighted by Crippen LogP contribution is -2.07. The van der Waals surface area contributed by atoms with Gasteiger partial charge < -0.3 is 19.8 Å². The van der Waals surface area contributed by atoms with Crippen LogP contribution in [0.15, 0.2) is 64.8 Å². The summed E-state index contributed by atoms with van der Waals surface area (Å²) in [6, 6.07) is 15.4. The smallest absolute Gasteiger partial charge is 0.302 e. The summed E-state index contributed by atoms with van der Waals surface area (Å²) < 4.78 is 5.50. The average molecular weight is 515 g/mol. The number of hydrogen-bond donors (Lipinski definition) is 3. The van der Waals surface area contributed by atoms with Gasteiger partial charge in [-0.15, -0.1) is 10.2 Å². The van der Waals surface area contributed by atoms with Gasteiger partial charge in [0.15, 0.2) is 12.3 Å². The van der Waals surface area contributed by atoms with E-state index in [4.69, 9.17) is 39.5 Å². The summed E-state index contributed by atoms with van der Waals surface area (Å²) in [5.74, 6) is 0.283. The van der Waals surface area contributed by atoms with Gasteiger partial charge in [-0.25, -0.2) is 4.98 Å². The number of nitrogens with zero attached hydrogens (tertiary/aromatic N) is 3. The van der Waals surface area contributed by atoms with E-state index < -0.39 is 5.91 Å². The van der Waals surface area contributed by atoms with Gasteiger partial charge >= 0.3 is 5.91 Å². The van der Waals surface area contributed by atoms with Crippen LogP contribution in [-0.2, 0) is 4.79 Å². The van der Waals surface area contributed by atoms with E-state index >= 15 is 0 Å². The minimum absolute atomic E-state index is 0.128. The minimum atomic E-state index is -0.620. The number of aromatic amines is 2. The van der Waals surface area contributed by atoms with Crippen LogP contribution < -0.4 is 4.74 Å². The standard InChI is InChI=1S/C23H14Cl3N5O3/c24-12-3-6-17-14(7-12)21(23(33)29-17)31-30-20(32)10-34-13-4-1-11(2-5-13)22-27-18-8-15(25)16(26)9-19(18)28-22/h1-9,29,33H,10H2,(H,27,28). The van der Waals surface area contributed by atoms with Gasteiger partial charge in [0.25, 0.3) is 0 Å². The number of amides is 1. The first kappa shape index (κ1) is 22.2. The number of nitrogens with one attached hydrogen (secondary N) is 2. The fourth-order valence-electron chi connectivity index (χ4n) is 3.37. The first-order valence-corrected chi connectivity index (χ1v) is 11.0. The number of rotatable bonds is 5. The lowest BCUT2D eigenvalue weighted by atomic mass is 10.2. The van der Waals surface area contributed by atoms with E-state index in [0.29, 0.717) is 43.1 Å². The van der Waals surface area contributed by atoms with Gasteiger partial charge in [0.1, 0.15) is 11.6 Å². The van der Waals surface area contributed by atoms with Crippen molar-refractivity contribution < 1.29 is 14.6 Å². The molecule has 3 N–H and O–H groups in total. The molecular weight excluding hydrogens is 501 g/mol. The summed E-state index contributed by atoms with van der Waals surface area (Å²) in [5, 5.41) is 19.4. The van der Waals surface area contributed by atoms with Crippen molar-refractivity contribution in [2.75, 3.05) is 6.61 Å². The summed E-state index contributed by atoms with van der Waals surface area (Å²) in [5.41, 5.74) is 3.03. The monoisotopic (exact) mass is 513 g/mol. The van der Waals surface area contributed by atoms with Gasteiger partial charge in [0, 0.05) is 16.0 Å². The highest BCUT2D eigenvalue weighted by Crippen LogP contribution is 2.36.